The fourth-order valence-corrected chi connectivity index (χ4v) is 2.60. The van der Waals surface area contributed by atoms with Crippen molar-refractivity contribution < 1.29 is 14.3 Å². The van der Waals surface area contributed by atoms with Crippen molar-refractivity contribution in [1.29, 1.82) is 0 Å². The molecule has 0 aliphatic heterocycles. The minimum Gasteiger partial charge on any atom is -0.493 e. The number of carbonyl (C=O) groups is 1. The van der Waals surface area contributed by atoms with Crippen molar-refractivity contribution >= 4 is 17.7 Å². The third kappa shape index (κ3) is 6.61. The molecule has 24 heavy (non-hydrogen) atoms. The van der Waals surface area contributed by atoms with E-state index in [9.17, 15) is 4.79 Å². The van der Waals surface area contributed by atoms with Crippen molar-refractivity contribution in [3.8, 4) is 11.5 Å². The standard InChI is InChI=1S/C18H30N2O3S/c1-12(2)11-23-16-7-6-14(10-17(16)22-4)13(3)20-18(21)15(19)8-9-24-5/h6-7,10,12-13,15H,8-9,11,19H2,1-5H3,(H,20,21). The second-order valence-corrected chi connectivity index (χ2v) is 7.22. The van der Waals surface area contributed by atoms with Gasteiger partial charge in [-0.15, -0.1) is 0 Å². The number of nitrogens with two attached hydrogens (primary N) is 1. The van der Waals surface area contributed by atoms with E-state index in [4.69, 9.17) is 15.2 Å². The van der Waals surface area contributed by atoms with Crippen molar-refractivity contribution in [3.05, 3.63) is 23.8 Å². The molecule has 1 rings (SSSR count). The van der Waals surface area contributed by atoms with E-state index in [1.165, 1.54) is 0 Å². The van der Waals surface area contributed by atoms with Gasteiger partial charge in [0, 0.05) is 0 Å². The minimum atomic E-state index is -0.476. The number of hydrogen-bond acceptors (Lipinski definition) is 5. The SMILES string of the molecule is COc1cc(C(C)NC(=O)C(N)CCSC)ccc1OCC(C)C. The van der Waals surface area contributed by atoms with E-state index >= 15 is 0 Å². The van der Waals surface area contributed by atoms with Gasteiger partial charge in [0.05, 0.1) is 25.8 Å². The van der Waals surface area contributed by atoms with Crippen molar-refractivity contribution in [2.45, 2.75) is 39.3 Å². The van der Waals surface area contributed by atoms with Gasteiger partial charge in [-0.05, 0) is 49.0 Å². The fraction of sp³-hybridized carbons (Fsp3) is 0.611. The van der Waals surface area contributed by atoms with Crippen LogP contribution in [0.4, 0.5) is 0 Å². The Kier molecular flexibility index (Phi) is 9.00. The molecule has 0 fully saturated rings. The van der Waals surface area contributed by atoms with E-state index in [1.54, 1.807) is 18.9 Å². The van der Waals surface area contributed by atoms with Crippen molar-refractivity contribution in [3.63, 3.8) is 0 Å². The van der Waals surface area contributed by atoms with Crippen LogP contribution < -0.4 is 20.5 Å². The second-order valence-electron chi connectivity index (χ2n) is 6.23. The van der Waals surface area contributed by atoms with Crippen molar-refractivity contribution in [2.24, 2.45) is 11.7 Å². The quantitative estimate of drug-likeness (QED) is 0.676. The monoisotopic (exact) mass is 354 g/mol. The maximum atomic E-state index is 12.1. The van der Waals surface area contributed by atoms with Gasteiger partial charge in [-0.1, -0.05) is 19.9 Å². The molecular weight excluding hydrogens is 324 g/mol. The first kappa shape index (κ1) is 20.6. The van der Waals surface area contributed by atoms with Crippen LogP contribution in [0.1, 0.15) is 38.8 Å². The smallest absolute Gasteiger partial charge is 0.237 e. The highest BCUT2D eigenvalue weighted by Gasteiger charge is 2.17. The molecule has 2 unspecified atom stereocenters. The maximum Gasteiger partial charge on any atom is 0.237 e. The molecule has 0 aliphatic rings. The normalized spacial score (nSPS) is 13.5. The molecule has 0 saturated heterocycles. The van der Waals surface area contributed by atoms with Crippen LogP contribution >= 0.6 is 11.8 Å². The van der Waals surface area contributed by atoms with Gasteiger partial charge in [0.25, 0.3) is 0 Å². The molecule has 0 heterocycles. The van der Waals surface area contributed by atoms with Gasteiger partial charge >= 0.3 is 0 Å². The number of hydrogen-bond donors (Lipinski definition) is 2. The molecule has 1 aromatic carbocycles. The highest BCUT2D eigenvalue weighted by Crippen LogP contribution is 2.30. The van der Waals surface area contributed by atoms with Crippen molar-refractivity contribution in [2.75, 3.05) is 25.7 Å². The number of methoxy groups -OCH3 is 1. The Morgan fingerprint density at radius 3 is 2.58 bits per heavy atom. The predicted molar refractivity (Wildman–Crippen MR) is 101 cm³/mol. The molecule has 0 spiro atoms. The van der Waals surface area contributed by atoms with Crippen LogP contribution in [0.15, 0.2) is 18.2 Å². The number of rotatable bonds is 10. The van der Waals surface area contributed by atoms with Gasteiger partial charge < -0.3 is 20.5 Å². The average molecular weight is 355 g/mol. The van der Waals surface area contributed by atoms with Gasteiger partial charge in [0.2, 0.25) is 5.91 Å². The van der Waals surface area contributed by atoms with E-state index in [0.29, 0.717) is 30.4 Å². The molecular formula is C18H30N2O3S. The van der Waals surface area contributed by atoms with Crippen LogP contribution in [-0.4, -0.2) is 37.7 Å². The summed E-state index contributed by atoms with van der Waals surface area (Å²) in [6, 6.07) is 5.10. The summed E-state index contributed by atoms with van der Waals surface area (Å²) in [4.78, 5) is 12.1. The number of carbonyl (C=O) groups excluding carboxylic acids is 1. The van der Waals surface area contributed by atoms with E-state index in [-0.39, 0.29) is 11.9 Å². The van der Waals surface area contributed by atoms with Crippen LogP contribution in [0.25, 0.3) is 0 Å². The van der Waals surface area contributed by atoms with Crippen LogP contribution in [0.5, 0.6) is 11.5 Å². The van der Waals surface area contributed by atoms with E-state index in [1.807, 2.05) is 31.4 Å². The lowest BCUT2D eigenvalue weighted by Gasteiger charge is -2.19. The topological polar surface area (TPSA) is 73.6 Å². The highest BCUT2D eigenvalue weighted by atomic mass is 32.2. The molecule has 136 valence electrons. The van der Waals surface area contributed by atoms with Gasteiger partial charge in [0.1, 0.15) is 0 Å². The predicted octanol–water partition coefficient (Wildman–Crippen LogP) is 2.99. The molecule has 2 atom stereocenters. The maximum absolute atomic E-state index is 12.1. The molecule has 5 nitrogen and oxygen atoms in total. The number of ether oxygens (including phenoxy) is 2. The Morgan fingerprint density at radius 1 is 1.29 bits per heavy atom. The van der Waals surface area contributed by atoms with Crippen LogP contribution in [0.3, 0.4) is 0 Å². The fourth-order valence-electron chi connectivity index (χ4n) is 2.11. The third-order valence-corrected chi connectivity index (χ3v) is 4.23. The van der Waals surface area contributed by atoms with E-state index in [2.05, 4.69) is 19.2 Å². The zero-order valence-electron chi connectivity index (χ0n) is 15.3. The minimum absolute atomic E-state index is 0.129. The molecule has 0 aliphatic carbocycles. The summed E-state index contributed by atoms with van der Waals surface area (Å²) < 4.78 is 11.2. The van der Waals surface area contributed by atoms with Crippen LogP contribution in [0, 0.1) is 5.92 Å². The number of thioether (sulfide) groups is 1. The molecule has 0 radical (unpaired) electrons. The summed E-state index contributed by atoms with van der Waals surface area (Å²) >= 11 is 1.69. The van der Waals surface area contributed by atoms with Gasteiger partial charge in [-0.3, -0.25) is 4.79 Å². The first-order valence-corrected chi connectivity index (χ1v) is 9.64. The number of nitrogens with one attached hydrogen (secondary N) is 1. The van der Waals surface area contributed by atoms with Crippen LogP contribution in [0.2, 0.25) is 0 Å². The largest absolute Gasteiger partial charge is 0.493 e. The Labute approximate surface area is 149 Å². The van der Waals surface area contributed by atoms with Gasteiger partial charge in [0.15, 0.2) is 11.5 Å². The first-order chi connectivity index (χ1) is 11.4. The summed E-state index contributed by atoms with van der Waals surface area (Å²) in [5.74, 6) is 2.57. The van der Waals surface area contributed by atoms with E-state index in [0.717, 1.165) is 11.3 Å². The molecule has 0 bridgehead atoms. The summed E-state index contributed by atoms with van der Waals surface area (Å²) in [6.07, 6.45) is 2.67. The summed E-state index contributed by atoms with van der Waals surface area (Å²) in [7, 11) is 1.61. The first-order valence-electron chi connectivity index (χ1n) is 8.24. The number of amides is 1. The van der Waals surface area contributed by atoms with Crippen LogP contribution in [-0.2, 0) is 4.79 Å². The Balaban J connectivity index is 2.73. The number of benzene rings is 1. The Morgan fingerprint density at radius 2 is 2.00 bits per heavy atom. The Hall–Kier alpha value is -1.40. The molecule has 0 aromatic heterocycles. The molecule has 3 N–H and O–H groups in total. The lowest BCUT2D eigenvalue weighted by atomic mass is 10.1. The Bertz CT molecular complexity index is 523. The van der Waals surface area contributed by atoms with Gasteiger partial charge in [-0.2, -0.15) is 11.8 Å². The molecule has 0 saturated carbocycles. The lowest BCUT2D eigenvalue weighted by molar-refractivity contribution is -0.123. The molecule has 1 amide bonds. The zero-order valence-corrected chi connectivity index (χ0v) is 16.1. The average Bonchev–Trinajstić information content (AvgIpc) is 2.57. The summed E-state index contributed by atoms with van der Waals surface area (Å²) in [5, 5.41) is 2.96. The second kappa shape index (κ2) is 10.5. The summed E-state index contributed by atoms with van der Waals surface area (Å²) in [6.45, 7) is 6.76. The zero-order chi connectivity index (χ0) is 18.1. The lowest BCUT2D eigenvalue weighted by Crippen LogP contribution is -2.41. The molecule has 1 aromatic rings. The summed E-state index contributed by atoms with van der Waals surface area (Å²) in [5.41, 5.74) is 6.86. The van der Waals surface area contributed by atoms with Crippen molar-refractivity contribution in [1.82, 2.24) is 5.32 Å². The highest BCUT2D eigenvalue weighted by molar-refractivity contribution is 7.98. The van der Waals surface area contributed by atoms with E-state index < -0.39 is 6.04 Å². The molecule has 6 heteroatoms. The third-order valence-electron chi connectivity index (χ3n) is 3.59. The van der Waals surface area contributed by atoms with Gasteiger partial charge in [-0.25, -0.2) is 0 Å².